The van der Waals surface area contributed by atoms with E-state index < -0.39 is 0 Å². The molecule has 0 fully saturated rings. The first-order chi connectivity index (χ1) is 9.81. The molecule has 4 aromatic heterocycles. The topological polar surface area (TPSA) is 54.5 Å². The zero-order valence-electron chi connectivity index (χ0n) is 10.3. The van der Waals surface area contributed by atoms with Crippen LogP contribution in [0.15, 0.2) is 49.1 Å². The molecule has 0 bridgehead atoms. The monoisotopic (exact) mass is 280 g/mol. The second-order valence-electron chi connectivity index (χ2n) is 4.53. The number of H-pyrrole nitrogens is 1. The average Bonchev–Trinajstić information content (AvgIpc) is 2.85. The van der Waals surface area contributed by atoms with Crippen molar-refractivity contribution in [1.82, 2.24) is 19.9 Å². The van der Waals surface area contributed by atoms with Gasteiger partial charge in [0.1, 0.15) is 5.65 Å². The van der Waals surface area contributed by atoms with Gasteiger partial charge in [0.2, 0.25) is 0 Å². The van der Waals surface area contributed by atoms with E-state index in [9.17, 15) is 0 Å². The summed E-state index contributed by atoms with van der Waals surface area (Å²) in [6.07, 6.45) is 6.99. The van der Waals surface area contributed by atoms with Crippen molar-refractivity contribution in [2.75, 3.05) is 0 Å². The summed E-state index contributed by atoms with van der Waals surface area (Å²) < 4.78 is 0. The molecule has 0 spiro atoms. The summed E-state index contributed by atoms with van der Waals surface area (Å²) in [6, 6.07) is 7.83. The minimum absolute atomic E-state index is 0.623. The van der Waals surface area contributed by atoms with E-state index in [0.717, 1.165) is 33.2 Å². The van der Waals surface area contributed by atoms with Gasteiger partial charge in [0.25, 0.3) is 0 Å². The Hall–Kier alpha value is -2.46. The van der Waals surface area contributed by atoms with Crippen LogP contribution in [-0.2, 0) is 0 Å². The Morgan fingerprint density at radius 2 is 1.95 bits per heavy atom. The number of fused-ring (bicyclic) bond motifs is 3. The summed E-state index contributed by atoms with van der Waals surface area (Å²) in [6.45, 7) is 0. The Labute approximate surface area is 119 Å². The van der Waals surface area contributed by atoms with Gasteiger partial charge in [-0.25, -0.2) is 4.98 Å². The van der Waals surface area contributed by atoms with E-state index in [2.05, 4.69) is 19.9 Å². The molecule has 0 saturated heterocycles. The molecule has 0 aromatic carbocycles. The molecule has 0 radical (unpaired) electrons. The minimum Gasteiger partial charge on any atom is -0.338 e. The van der Waals surface area contributed by atoms with E-state index in [1.54, 1.807) is 18.6 Å². The third-order valence-electron chi connectivity index (χ3n) is 3.26. The zero-order chi connectivity index (χ0) is 13.5. The molecule has 0 aliphatic heterocycles. The molecule has 0 aliphatic carbocycles. The highest BCUT2D eigenvalue weighted by Gasteiger charge is 2.08. The minimum atomic E-state index is 0.623. The predicted octanol–water partition coefficient (Wildman–Crippen LogP) is 3.83. The summed E-state index contributed by atoms with van der Waals surface area (Å²) in [7, 11) is 0. The molecule has 96 valence electrons. The smallest absolute Gasteiger partial charge is 0.138 e. The van der Waals surface area contributed by atoms with Crippen LogP contribution in [0.3, 0.4) is 0 Å². The molecule has 1 N–H and O–H groups in total. The van der Waals surface area contributed by atoms with E-state index in [-0.39, 0.29) is 0 Å². The molecular weight excluding hydrogens is 272 g/mol. The van der Waals surface area contributed by atoms with Gasteiger partial charge in [-0.2, -0.15) is 0 Å². The van der Waals surface area contributed by atoms with Crippen LogP contribution >= 0.6 is 11.6 Å². The molecule has 20 heavy (non-hydrogen) atoms. The lowest BCUT2D eigenvalue weighted by Crippen LogP contribution is -1.83. The van der Waals surface area contributed by atoms with Gasteiger partial charge < -0.3 is 4.98 Å². The van der Waals surface area contributed by atoms with Gasteiger partial charge in [0.05, 0.1) is 22.4 Å². The van der Waals surface area contributed by atoms with E-state index in [0.29, 0.717) is 5.02 Å². The van der Waals surface area contributed by atoms with Crippen LogP contribution in [0, 0.1) is 0 Å². The van der Waals surface area contributed by atoms with Crippen molar-refractivity contribution in [3.63, 3.8) is 0 Å². The van der Waals surface area contributed by atoms with Gasteiger partial charge in [-0.05, 0) is 24.3 Å². The molecule has 0 aliphatic rings. The van der Waals surface area contributed by atoms with E-state index in [1.807, 2.05) is 30.5 Å². The number of halogens is 1. The number of aromatic nitrogens is 4. The maximum Gasteiger partial charge on any atom is 0.138 e. The van der Waals surface area contributed by atoms with Gasteiger partial charge in [0, 0.05) is 34.9 Å². The van der Waals surface area contributed by atoms with Crippen molar-refractivity contribution in [3.8, 4) is 11.3 Å². The Bertz CT molecular complexity index is 915. The normalized spacial score (nSPS) is 11.2. The maximum atomic E-state index is 6.03. The first-order valence-corrected chi connectivity index (χ1v) is 6.52. The number of hydrogen-bond acceptors (Lipinski definition) is 3. The molecule has 0 saturated carbocycles. The number of nitrogens with zero attached hydrogens (tertiary/aromatic N) is 3. The number of nitrogens with one attached hydrogen (secondary N) is 1. The van der Waals surface area contributed by atoms with Crippen LogP contribution < -0.4 is 0 Å². The van der Waals surface area contributed by atoms with Crippen LogP contribution in [0.5, 0.6) is 0 Å². The summed E-state index contributed by atoms with van der Waals surface area (Å²) in [5.41, 5.74) is 3.63. The van der Waals surface area contributed by atoms with Crippen LogP contribution in [0.25, 0.3) is 33.2 Å². The second kappa shape index (κ2) is 4.28. The molecule has 4 nitrogen and oxygen atoms in total. The predicted molar refractivity (Wildman–Crippen MR) is 79.6 cm³/mol. The fourth-order valence-electron chi connectivity index (χ4n) is 2.32. The molecule has 4 rings (SSSR count). The number of pyridine rings is 3. The van der Waals surface area contributed by atoms with Crippen LogP contribution in [0.1, 0.15) is 0 Å². The van der Waals surface area contributed by atoms with E-state index >= 15 is 0 Å². The SMILES string of the molecule is Clc1cnc2[nH]c3cnc(-c4cccnc4)cc3c2c1. The zero-order valence-corrected chi connectivity index (χ0v) is 11.1. The molecular formula is C15H9ClN4. The third kappa shape index (κ3) is 1.73. The average molecular weight is 281 g/mol. The lowest BCUT2D eigenvalue weighted by atomic mass is 10.1. The number of rotatable bonds is 1. The molecule has 5 heteroatoms. The summed E-state index contributed by atoms with van der Waals surface area (Å²) in [4.78, 5) is 16.1. The molecule has 4 aromatic rings. The molecule has 0 atom stereocenters. The lowest BCUT2D eigenvalue weighted by molar-refractivity contribution is 1.28. The van der Waals surface area contributed by atoms with Gasteiger partial charge in [0.15, 0.2) is 0 Å². The van der Waals surface area contributed by atoms with Crippen molar-refractivity contribution in [3.05, 3.63) is 54.1 Å². The van der Waals surface area contributed by atoms with Crippen molar-refractivity contribution in [2.45, 2.75) is 0 Å². The lowest BCUT2D eigenvalue weighted by Gasteiger charge is -2.00. The fraction of sp³-hybridized carbons (Fsp3) is 0. The van der Waals surface area contributed by atoms with Crippen LogP contribution in [0.2, 0.25) is 5.02 Å². The first kappa shape index (κ1) is 11.4. The van der Waals surface area contributed by atoms with Crippen LogP contribution in [0.4, 0.5) is 0 Å². The van der Waals surface area contributed by atoms with Crippen molar-refractivity contribution >= 4 is 33.5 Å². The highest BCUT2D eigenvalue weighted by Crippen LogP contribution is 2.28. The number of hydrogen-bond donors (Lipinski definition) is 1. The van der Waals surface area contributed by atoms with Gasteiger partial charge in [-0.3, -0.25) is 9.97 Å². The Morgan fingerprint density at radius 3 is 2.80 bits per heavy atom. The highest BCUT2D eigenvalue weighted by molar-refractivity contribution is 6.31. The van der Waals surface area contributed by atoms with Gasteiger partial charge in [-0.1, -0.05) is 11.6 Å². The Morgan fingerprint density at radius 1 is 1.00 bits per heavy atom. The number of aromatic amines is 1. The second-order valence-corrected chi connectivity index (χ2v) is 4.97. The maximum absolute atomic E-state index is 6.03. The summed E-state index contributed by atoms with van der Waals surface area (Å²) in [5.74, 6) is 0. The van der Waals surface area contributed by atoms with E-state index in [1.165, 1.54) is 0 Å². The third-order valence-corrected chi connectivity index (χ3v) is 3.47. The van der Waals surface area contributed by atoms with Crippen molar-refractivity contribution in [2.24, 2.45) is 0 Å². The quantitative estimate of drug-likeness (QED) is 0.576. The van der Waals surface area contributed by atoms with Crippen molar-refractivity contribution in [1.29, 1.82) is 0 Å². The summed E-state index contributed by atoms with van der Waals surface area (Å²) in [5, 5.41) is 2.68. The largest absolute Gasteiger partial charge is 0.338 e. The molecule has 0 unspecified atom stereocenters. The van der Waals surface area contributed by atoms with Crippen molar-refractivity contribution < 1.29 is 0 Å². The summed E-state index contributed by atoms with van der Waals surface area (Å²) >= 11 is 6.03. The Balaban J connectivity index is 2.03. The molecule has 0 amide bonds. The standard InChI is InChI=1S/C15H9ClN4/c16-10-4-12-11-5-13(9-2-1-3-17-6-9)18-8-14(11)20-15(12)19-7-10/h1-8H,(H,19,20). The first-order valence-electron chi connectivity index (χ1n) is 6.15. The van der Waals surface area contributed by atoms with Gasteiger partial charge in [-0.15, -0.1) is 0 Å². The fourth-order valence-corrected chi connectivity index (χ4v) is 2.48. The van der Waals surface area contributed by atoms with Gasteiger partial charge >= 0.3 is 0 Å². The Kier molecular flexibility index (Phi) is 2.44. The highest BCUT2D eigenvalue weighted by atomic mass is 35.5. The van der Waals surface area contributed by atoms with E-state index in [4.69, 9.17) is 11.6 Å². The molecule has 4 heterocycles. The van der Waals surface area contributed by atoms with Crippen LogP contribution in [-0.4, -0.2) is 19.9 Å².